The number of aliphatic hydroxyl groups excluding tert-OH is 1. The summed E-state index contributed by atoms with van der Waals surface area (Å²) in [6.07, 6.45) is 4.50. The molecule has 1 saturated heterocycles. The lowest BCUT2D eigenvalue weighted by Gasteiger charge is -2.35. The number of hydrogen-bond donors (Lipinski definition) is 2. The standard InChI is InChI=1S/C30H37N3O4/c1-19(2)27(33-17-23-9-5-6-10-25(23)29(33)36)30(37)32-18-24(34)15-26(32)28(35)31-16-20-11-13-22(14-12-20)21-7-3-4-8-21/h5-6,9-14,19,21,24,26-27,34H,3-4,7-8,15-18H2,1-2H3,(H,31,35)/t24-,26+,27+/m1/s1. The molecule has 0 bridgehead atoms. The quantitative estimate of drug-likeness (QED) is 0.604. The van der Waals surface area contributed by atoms with Crippen molar-refractivity contribution >= 4 is 17.7 Å². The van der Waals surface area contributed by atoms with E-state index in [0.717, 1.165) is 11.1 Å². The van der Waals surface area contributed by atoms with Gasteiger partial charge in [0.1, 0.15) is 12.1 Å². The lowest BCUT2D eigenvalue weighted by molar-refractivity contribution is -0.143. The second-order valence-electron chi connectivity index (χ2n) is 11.1. The molecular formula is C30H37N3O4. The summed E-state index contributed by atoms with van der Waals surface area (Å²) in [6, 6.07) is 14.4. The molecule has 5 rings (SSSR count). The largest absolute Gasteiger partial charge is 0.391 e. The summed E-state index contributed by atoms with van der Waals surface area (Å²) >= 11 is 0. The van der Waals surface area contributed by atoms with Crippen LogP contribution in [0.15, 0.2) is 48.5 Å². The van der Waals surface area contributed by atoms with Gasteiger partial charge >= 0.3 is 0 Å². The van der Waals surface area contributed by atoms with Crippen molar-refractivity contribution < 1.29 is 19.5 Å². The van der Waals surface area contributed by atoms with Crippen LogP contribution in [0.25, 0.3) is 0 Å². The number of fused-ring (bicyclic) bond motifs is 1. The van der Waals surface area contributed by atoms with Gasteiger partial charge in [-0.25, -0.2) is 0 Å². The number of hydrogen-bond acceptors (Lipinski definition) is 4. The van der Waals surface area contributed by atoms with Crippen LogP contribution in [0.2, 0.25) is 0 Å². The molecule has 1 aliphatic carbocycles. The molecule has 37 heavy (non-hydrogen) atoms. The Morgan fingerprint density at radius 2 is 1.76 bits per heavy atom. The van der Waals surface area contributed by atoms with Crippen molar-refractivity contribution in [2.75, 3.05) is 6.54 Å². The van der Waals surface area contributed by atoms with Crippen LogP contribution in [0.5, 0.6) is 0 Å². The molecule has 2 aromatic carbocycles. The second kappa shape index (κ2) is 10.7. The zero-order valence-corrected chi connectivity index (χ0v) is 21.7. The molecule has 7 heteroatoms. The van der Waals surface area contributed by atoms with Crippen LogP contribution < -0.4 is 5.32 Å². The van der Waals surface area contributed by atoms with E-state index in [0.29, 0.717) is 24.6 Å². The minimum Gasteiger partial charge on any atom is -0.391 e. The number of aliphatic hydroxyl groups is 1. The lowest BCUT2D eigenvalue weighted by Crippen LogP contribution is -2.55. The third-order valence-electron chi connectivity index (χ3n) is 8.21. The molecule has 2 N–H and O–H groups in total. The Hall–Kier alpha value is -3.19. The normalized spacial score (nSPS) is 22.5. The van der Waals surface area contributed by atoms with Crippen molar-refractivity contribution in [3.05, 3.63) is 70.8 Å². The van der Waals surface area contributed by atoms with E-state index in [4.69, 9.17) is 0 Å². The van der Waals surface area contributed by atoms with Gasteiger partial charge in [0.25, 0.3) is 5.91 Å². The third kappa shape index (κ3) is 5.14. The highest BCUT2D eigenvalue weighted by Gasteiger charge is 2.45. The first-order valence-corrected chi connectivity index (χ1v) is 13.6. The smallest absolute Gasteiger partial charge is 0.255 e. The number of likely N-dealkylation sites (tertiary alicyclic amines) is 1. The SMILES string of the molecule is CC(C)[C@@H](C(=O)N1C[C@H](O)C[C@H]1C(=O)NCc1ccc(C2CCCC2)cc1)N1Cc2ccccc2C1=O. The first-order valence-electron chi connectivity index (χ1n) is 13.6. The molecule has 0 unspecified atom stereocenters. The summed E-state index contributed by atoms with van der Waals surface area (Å²) in [5.74, 6) is -0.223. The van der Waals surface area contributed by atoms with Gasteiger partial charge in [0.05, 0.1) is 6.10 Å². The van der Waals surface area contributed by atoms with Gasteiger partial charge in [-0.2, -0.15) is 0 Å². The van der Waals surface area contributed by atoms with Crippen LogP contribution in [0, 0.1) is 5.92 Å². The minimum absolute atomic E-state index is 0.0885. The molecule has 0 spiro atoms. The highest BCUT2D eigenvalue weighted by Crippen LogP contribution is 2.34. The average molecular weight is 504 g/mol. The minimum atomic E-state index is -0.773. The van der Waals surface area contributed by atoms with E-state index < -0.39 is 18.2 Å². The number of nitrogens with zero attached hydrogens (tertiary/aromatic N) is 2. The predicted octanol–water partition coefficient (Wildman–Crippen LogP) is 3.60. The summed E-state index contributed by atoms with van der Waals surface area (Å²) in [7, 11) is 0. The van der Waals surface area contributed by atoms with Crippen LogP contribution in [0.1, 0.15) is 78.9 Å². The van der Waals surface area contributed by atoms with Crippen LogP contribution in [0.3, 0.4) is 0 Å². The summed E-state index contributed by atoms with van der Waals surface area (Å²) in [5.41, 5.74) is 3.89. The highest BCUT2D eigenvalue weighted by molar-refractivity contribution is 6.01. The van der Waals surface area contributed by atoms with Gasteiger partial charge in [0.2, 0.25) is 11.8 Å². The van der Waals surface area contributed by atoms with E-state index in [-0.39, 0.29) is 36.6 Å². The highest BCUT2D eigenvalue weighted by atomic mass is 16.3. The molecule has 2 aromatic rings. The van der Waals surface area contributed by atoms with Crippen molar-refractivity contribution in [1.82, 2.24) is 15.1 Å². The Balaban J connectivity index is 1.26. The molecule has 7 nitrogen and oxygen atoms in total. The van der Waals surface area contributed by atoms with Crippen molar-refractivity contribution in [3.8, 4) is 0 Å². The maximum absolute atomic E-state index is 13.8. The monoisotopic (exact) mass is 503 g/mol. The van der Waals surface area contributed by atoms with Crippen LogP contribution >= 0.6 is 0 Å². The van der Waals surface area contributed by atoms with Gasteiger partial charge < -0.3 is 20.2 Å². The molecule has 1 saturated carbocycles. The molecule has 0 aromatic heterocycles. The Kier molecular flexibility index (Phi) is 7.33. The van der Waals surface area contributed by atoms with Gasteiger partial charge in [0.15, 0.2) is 0 Å². The van der Waals surface area contributed by atoms with E-state index in [2.05, 4.69) is 29.6 Å². The Morgan fingerprint density at radius 3 is 2.43 bits per heavy atom. The summed E-state index contributed by atoms with van der Waals surface area (Å²) in [6.45, 7) is 4.65. The summed E-state index contributed by atoms with van der Waals surface area (Å²) in [5, 5.41) is 13.4. The molecule has 3 atom stereocenters. The van der Waals surface area contributed by atoms with E-state index in [1.807, 2.05) is 32.0 Å². The summed E-state index contributed by atoms with van der Waals surface area (Å²) < 4.78 is 0. The van der Waals surface area contributed by atoms with Crippen LogP contribution in [0.4, 0.5) is 0 Å². The number of carbonyl (C=O) groups is 3. The van der Waals surface area contributed by atoms with Crippen molar-refractivity contribution in [2.24, 2.45) is 5.92 Å². The molecule has 2 aliphatic heterocycles. The number of β-amino-alcohol motifs (C(OH)–C–C–N with tert-alkyl or cyclic N) is 1. The van der Waals surface area contributed by atoms with E-state index >= 15 is 0 Å². The molecule has 3 aliphatic rings. The Labute approximate surface area is 218 Å². The zero-order valence-electron chi connectivity index (χ0n) is 21.7. The van der Waals surface area contributed by atoms with E-state index in [1.165, 1.54) is 36.1 Å². The van der Waals surface area contributed by atoms with E-state index in [1.54, 1.807) is 11.0 Å². The Bertz CT molecular complexity index is 1160. The topological polar surface area (TPSA) is 89.9 Å². The molecular weight excluding hydrogens is 466 g/mol. The number of rotatable bonds is 7. The number of benzene rings is 2. The molecule has 3 amide bonds. The fraction of sp³-hybridized carbons (Fsp3) is 0.500. The summed E-state index contributed by atoms with van der Waals surface area (Å²) in [4.78, 5) is 43.3. The third-order valence-corrected chi connectivity index (χ3v) is 8.21. The average Bonchev–Trinajstić information content (AvgIpc) is 3.63. The maximum Gasteiger partial charge on any atom is 0.255 e. The molecule has 2 fully saturated rings. The van der Waals surface area contributed by atoms with Gasteiger partial charge in [-0.05, 0) is 47.4 Å². The second-order valence-corrected chi connectivity index (χ2v) is 11.1. The fourth-order valence-corrected chi connectivity index (χ4v) is 6.23. The van der Waals surface area contributed by atoms with Crippen molar-refractivity contribution in [3.63, 3.8) is 0 Å². The number of nitrogens with one attached hydrogen (secondary N) is 1. The van der Waals surface area contributed by atoms with Gasteiger partial charge in [0, 0.05) is 31.6 Å². The lowest BCUT2D eigenvalue weighted by atomic mass is 9.97. The fourth-order valence-electron chi connectivity index (χ4n) is 6.23. The van der Waals surface area contributed by atoms with Gasteiger partial charge in [-0.1, -0.05) is 69.2 Å². The van der Waals surface area contributed by atoms with Crippen molar-refractivity contribution in [2.45, 2.75) is 83.1 Å². The molecule has 0 radical (unpaired) electrons. The first kappa shape index (κ1) is 25.5. The van der Waals surface area contributed by atoms with Crippen molar-refractivity contribution in [1.29, 1.82) is 0 Å². The predicted molar refractivity (Wildman–Crippen MR) is 141 cm³/mol. The first-order chi connectivity index (χ1) is 17.8. The Morgan fingerprint density at radius 1 is 1.05 bits per heavy atom. The van der Waals surface area contributed by atoms with E-state index in [9.17, 15) is 19.5 Å². The van der Waals surface area contributed by atoms with Gasteiger partial charge in [-0.15, -0.1) is 0 Å². The maximum atomic E-state index is 13.8. The van der Waals surface area contributed by atoms with Gasteiger partial charge in [-0.3, -0.25) is 14.4 Å². The van der Waals surface area contributed by atoms with Crippen LogP contribution in [-0.4, -0.2) is 57.4 Å². The number of amides is 3. The molecule has 2 heterocycles. The van der Waals surface area contributed by atoms with Crippen LogP contribution in [-0.2, 0) is 22.7 Å². The number of carbonyl (C=O) groups excluding carboxylic acids is 3. The zero-order chi connectivity index (χ0) is 26.1. The molecule has 196 valence electrons.